The Hall–Kier alpha value is -1.34. The second kappa shape index (κ2) is 5.97. The average Bonchev–Trinajstić information content (AvgIpc) is 2.97. The lowest BCUT2D eigenvalue weighted by Crippen LogP contribution is -2.45. The molecule has 1 aromatic heterocycles. The van der Waals surface area contributed by atoms with Crippen LogP contribution in [0.2, 0.25) is 0 Å². The minimum absolute atomic E-state index is 0.192. The van der Waals surface area contributed by atoms with Crippen LogP contribution < -0.4 is 5.32 Å². The van der Waals surface area contributed by atoms with E-state index in [9.17, 15) is 13.2 Å². The number of nitrogens with zero attached hydrogens (tertiary/aromatic N) is 2. The maximum Gasteiger partial charge on any atom is 0.238 e. The first-order chi connectivity index (χ1) is 9.39. The van der Waals surface area contributed by atoms with E-state index in [1.807, 2.05) is 29.9 Å². The second-order valence-electron chi connectivity index (χ2n) is 5.18. The Labute approximate surface area is 119 Å². The third kappa shape index (κ3) is 3.40. The van der Waals surface area contributed by atoms with Crippen LogP contribution in [0.1, 0.15) is 18.5 Å². The van der Waals surface area contributed by atoms with Crippen molar-refractivity contribution in [2.45, 2.75) is 25.3 Å². The standard InChI is InChI=1S/C13H21N3O3S/c1-15-9-3-5-11(15)7-8-14-13(17)12-6-4-10-16(12)20(2,18)19/h3,5,9,12H,4,6-8,10H2,1-2H3,(H,14,17). The quantitative estimate of drug-likeness (QED) is 0.839. The molecule has 0 aromatic carbocycles. The lowest BCUT2D eigenvalue weighted by molar-refractivity contribution is -0.124. The summed E-state index contributed by atoms with van der Waals surface area (Å²) in [5, 5.41) is 2.83. The highest BCUT2D eigenvalue weighted by Crippen LogP contribution is 2.20. The lowest BCUT2D eigenvalue weighted by atomic mass is 10.2. The van der Waals surface area contributed by atoms with Crippen molar-refractivity contribution in [2.75, 3.05) is 19.3 Å². The smallest absolute Gasteiger partial charge is 0.238 e. The van der Waals surface area contributed by atoms with Gasteiger partial charge in [-0.15, -0.1) is 0 Å². The molecule has 2 heterocycles. The van der Waals surface area contributed by atoms with Gasteiger partial charge >= 0.3 is 0 Å². The molecule has 20 heavy (non-hydrogen) atoms. The molecular formula is C13H21N3O3S. The Morgan fingerprint density at radius 2 is 2.25 bits per heavy atom. The molecule has 0 spiro atoms. The normalized spacial score (nSPS) is 20.2. The maximum atomic E-state index is 12.1. The summed E-state index contributed by atoms with van der Waals surface area (Å²) in [4.78, 5) is 12.1. The summed E-state index contributed by atoms with van der Waals surface area (Å²) in [6.07, 6.45) is 5.19. The first-order valence-corrected chi connectivity index (χ1v) is 8.59. The predicted octanol–water partition coefficient (Wildman–Crippen LogP) is 0.108. The van der Waals surface area contributed by atoms with Crippen LogP contribution in [0.5, 0.6) is 0 Å². The van der Waals surface area contributed by atoms with E-state index in [0.29, 0.717) is 19.5 Å². The summed E-state index contributed by atoms with van der Waals surface area (Å²) < 4.78 is 26.5. The first-order valence-electron chi connectivity index (χ1n) is 6.74. The first kappa shape index (κ1) is 15.1. The van der Waals surface area contributed by atoms with Gasteiger partial charge < -0.3 is 9.88 Å². The monoisotopic (exact) mass is 299 g/mol. The van der Waals surface area contributed by atoms with Crippen molar-refractivity contribution in [2.24, 2.45) is 7.05 Å². The third-order valence-electron chi connectivity index (χ3n) is 3.66. The van der Waals surface area contributed by atoms with Crippen LogP contribution in [0.25, 0.3) is 0 Å². The van der Waals surface area contributed by atoms with Crippen LogP contribution >= 0.6 is 0 Å². The summed E-state index contributed by atoms with van der Waals surface area (Å²) in [6, 6.07) is 3.42. The SMILES string of the molecule is Cn1cccc1CCNC(=O)C1CCCN1S(C)(=O)=O. The molecule has 112 valence electrons. The van der Waals surface area contributed by atoms with E-state index < -0.39 is 16.1 Å². The number of amides is 1. The maximum absolute atomic E-state index is 12.1. The number of nitrogens with one attached hydrogen (secondary N) is 1. The molecule has 1 N–H and O–H groups in total. The number of hydrogen-bond donors (Lipinski definition) is 1. The van der Waals surface area contributed by atoms with Crippen molar-refractivity contribution in [3.63, 3.8) is 0 Å². The molecule has 2 rings (SSSR count). The zero-order valence-electron chi connectivity index (χ0n) is 11.9. The molecule has 0 aliphatic carbocycles. The molecule has 1 fully saturated rings. The summed E-state index contributed by atoms with van der Waals surface area (Å²) in [5.74, 6) is -0.192. The summed E-state index contributed by atoms with van der Waals surface area (Å²) in [6.45, 7) is 0.958. The minimum atomic E-state index is -3.30. The average molecular weight is 299 g/mol. The Balaban J connectivity index is 1.87. The highest BCUT2D eigenvalue weighted by molar-refractivity contribution is 7.88. The zero-order valence-corrected chi connectivity index (χ0v) is 12.7. The van der Waals surface area contributed by atoms with E-state index in [-0.39, 0.29) is 5.91 Å². The van der Waals surface area contributed by atoms with Crippen molar-refractivity contribution in [3.8, 4) is 0 Å². The molecule has 1 atom stereocenters. The molecule has 1 unspecified atom stereocenters. The van der Waals surface area contributed by atoms with Crippen LogP contribution in [0.15, 0.2) is 18.3 Å². The highest BCUT2D eigenvalue weighted by Gasteiger charge is 2.36. The predicted molar refractivity (Wildman–Crippen MR) is 76.7 cm³/mol. The molecule has 1 aliphatic rings. The van der Waals surface area contributed by atoms with Gasteiger partial charge in [0.2, 0.25) is 15.9 Å². The molecule has 6 nitrogen and oxygen atoms in total. The number of rotatable bonds is 5. The Kier molecular flexibility index (Phi) is 4.49. The zero-order chi connectivity index (χ0) is 14.8. The number of aromatic nitrogens is 1. The van der Waals surface area contributed by atoms with Gasteiger partial charge in [-0.3, -0.25) is 4.79 Å². The summed E-state index contributed by atoms with van der Waals surface area (Å²) >= 11 is 0. The fourth-order valence-electron chi connectivity index (χ4n) is 2.59. The highest BCUT2D eigenvalue weighted by atomic mass is 32.2. The largest absolute Gasteiger partial charge is 0.354 e. The molecule has 7 heteroatoms. The fourth-order valence-corrected chi connectivity index (χ4v) is 3.71. The molecule has 1 aromatic rings. The van der Waals surface area contributed by atoms with Gasteiger partial charge in [0.25, 0.3) is 0 Å². The van der Waals surface area contributed by atoms with Gasteiger partial charge in [-0.25, -0.2) is 8.42 Å². The topological polar surface area (TPSA) is 71.4 Å². The Morgan fingerprint density at radius 3 is 2.85 bits per heavy atom. The Morgan fingerprint density at radius 1 is 1.50 bits per heavy atom. The van der Waals surface area contributed by atoms with Gasteiger partial charge in [0.1, 0.15) is 6.04 Å². The van der Waals surface area contributed by atoms with Gasteiger partial charge in [-0.1, -0.05) is 0 Å². The Bertz CT molecular complexity index is 579. The van der Waals surface area contributed by atoms with Gasteiger partial charge in [0.05, 0.1) is 6.26 Å². The van der Waals surface area contributed by atoms with Gasteiger partial charge in [0, 0.05) is 38.4 Å². The summed E-state index contributed by atoms with van der Waals surface area (Å²) in [5.41, 5.74) is 1.14. The summed E-state index contributed by atoms with van der Waals surface area (Å²) in [7, 11) is -1.35. The van der Waals surface area contributed by atoms with Crippen LogP contribution in [0.3, 0.4) is 0 Å². The van der Waals surface area contributed by atoms with E-state index >= 15 is 0 Å². The number of aryl methyl sites for hydroxylation is 1. The van der Waals surface area contributed by atoms with Gasteiger partial charge in [-0.05, 0) is 25.0 Å². The van der Waals surface area contributed by atoms with Crippen LogP contribution in [-0.4, -0.2) is 48.6 Å². The molecule has 0 bridgehead atoms. The van der Waals surface area contributed by atoms with E-state index in [2.05, 4.69) is 5.32 Å². The molecular weight excluding hydrogens is 278 g/mol. The third-order valence-corrected chi connectivity index (χ3v) is 4.95. The number of hydrogen-bond acceptors (Lipinski definition) is 3. The van der Waals surface area contributed by atoms with E-state index in [0.717, 1.165) is 24.8 Å². The van der Waals surface area contributed by atoms with Crippen molar-refractivity contribution < 1.29 is 13.2 Å². The van der Waals surface area contributed by atoms with Crippen molar-refractivity contribution in [1.29, 1.82) is 0 Å². The number of carbonyl (C=O) groups is 1. The lowest BCUT2D eigenvalue weighted by Gasteiger charge is -2.21. The van der Waals surface area contributed by atoms with Gasteiger partial charge in [-0.2, -0.15) is 4.31 Å². The van der Waals surface area contributed by atoms with E-state index in [1.165, 1.54) is 4.31 Å². The molecule has 0 saturated carbocycles. The minimum Gasteiger partial charge on any atom is -0.354 e. The second-order valence-corrected chi connectivity index (χ2v) is 7.12. The molecule has 1 saturated heterocycles. The molecule has 1 aliphatic heterocycles. The number of carbonyl (C=O) groups excluding carboxylic acids is 1. The number of sulfonamides is 1. The van der Waals surface area contributed by atoms with E-state index in [1.54, 1.807) is 0 Å². The van der Waals surface area contributed by atoms with Crippen molar-refractivity contribution in [3.05, 3.63) is 24.0 Å². The van der Waals surface area contributed by atoms with E-state index in [4.69, 9.17) is 0 Å². The molecule has 0 radical (unpaired) electrons. The van der Waals surface area contributed by atoms with Crippen LogP contribution in [0, 0.1) is 0 Å². The van der Waals surface area contributed by atoms with Crippen molar-refractivity contribution in [1.82, 2.24) is 14.2 Å². The fraction of sp³-hybridized carbons (Fsp3) is 0.615. The van der Waals surface area contributed by atoms with Crippen LogP contribution in [0.4, 0.5) is 0 Å². The van der Waals surface area contributed by atoms with Crippen molar-refractivity contribution >= 4 is 15.9 Å². The van der Waals surface area contributed by atoms with Crippen LogP contribution in [-0.2, 0) is 28.3 Å². The van der Waals surface area contributed by atoms with Gasteiger partial charge in [0.15, 0.2) is 0 Å². The molecule has 1 amide bonds.